The number of epoxide rings is 1. The monoisotopic (exact) mass is 176 g/mol. The molecule has 0 amide bonds. The second kappa shape index (κ2) is 2.96. The molecule has 13 heavy (non-hydrogen) atoms. The molecule has 1 saturated heterocycles. The Balaban J connectivity index is 2.24. The van der Waals surface area contributed by atoms with Crippen molar-refractivity contribution in [2.75, 3.05) is 6.61 Å². The van der Waals surface area contributed by atoms with Gasteiger partial charge in [-0.15, -0.1) is 0 Å². The summed E-state index contributed by atoms with van der Waals surface area (Å²) in [5, 5.41) is 0. The number of hydrogen-bond donors (Lipinski definition) is 0. The number of ether oxygens (including phenoxy) is 1. The fourth-order valence-corrected chi connectivity index (χ4v) is 1.44. The summed E-state index contributed by atoms with van der Waals surface area (Å²) in [6.45, 7) is 2.56. The summed E-state index contributed by atoms with van der Waals surface area (Å²) >= 11 is 0. The molecule has 0 saturated carbocycles. The lowest BCUT2D eigenvalue weighted by atomic mass is 9.96. The molecule has 0 radical (unpaired) electrons. The van der Waals surface area contributed by atoms with Crippen LogP contribution in [0.5, 0.6) is 0 Å². The molecule has 68 valence electrons. The molecule has 2 nitrogen and oxygen atoms in total. The standard InChI is InChI=1S/C11H12O2/c1-2-11(8-13-11)10(12)9-6-4-3-5-7-9/h3-7H,2,8H2,1H3/t11-/m0/s1. The lowest BCUT2D eigenvalue weighted by Crippen LogP contribution is -2.23. The number of hydrogen-bond acceptors (Lipinski definition) is 2. The highest BCUT2D eigenvalue weighted by atomic mass is 16.6. The van der Waals surface area contributed by atoms with Crippen LogP contribution in [0.4, 0.5) is 0 Å². The lowest BCUT2D eigenvalue weighted by molar-refractivity contribution is 0.0868. The van der Waals surface area contributed by atoms with Gasteiger partial charge in [-0.1, -0.05) is 37.3 Å². The molecule has 1 fully saturated rings. The summed E-state index contributed by atoms with van der Waals surface area (Å²) in [6, 6.07) is 9.32. The van der Waals surface area contributed by atoms with Crippen molar-refractivity contribution in [3.05, 3.63) is 35.9 Å². The maximum absolute atomic E-state index is 11.8. The molecule has 0 unspecified atom stereocenters. The maximum atomic E-state index is 11.8. The first-order valence-electron chi connectivity index (χ1n) is 4.52. The van der Waals surface area contributed by atoms with Crippen molar-refractivity contribution in [2.45, 2.75) is 18.9 Å². The summed E-state index contributed by atoms with van der Waals surface area (Å²) in [7, 11) is 0. The number of carbonyl (C=O) groups is 1. The Labute approximate surface area is 77.5 Å². The van der Waals surface area contributed by atoms with Crippen LogP contribution >= 0.6 is 0 Å². The zero-order valence-electron chi connectivity index (χ0n) is 7.62. The van der Waals surface area contributed by atoms with Crippen molar-refractivity contribution < 1.29 is 9.53 Å². The summed E-state index contributed by atoms with van der Waals surface area (Å²) in [6.07, 6.45) is 0.765. The molecular weight excluding hydrogens is 164 g/mol. The van der Waals surface area contributed by atoms with E-state index in [-0.39, 0.29) is 5.78 Å². The third kappa shape index (κ3) is 1.38. The Hall–Kier alpha value is -1.15. The predicted molar refractivity (Wildman–Crippen MR) is 49.7 cm³/mol. The van der Waals surface area contributed by atoms with E-state index in [1.165, 1.54) is 0 Å². The van der Waals surface area contributed by atoms with Crippen molar-refractivity contribution in [1.82, 2.24) is 0 Å². The Morgan fingerprint density at radius 2 is 2.08 bits per heavy atom. The smallest absolute Gasteiger partial charge is 0.196 e. The third-order valence-corrected chi connectivity index (χ3v) is 2.51. The highest BCUT2D eigenvalue weighted by Crippen LogP contribution is 2.34. The van der Waals surface area contributed by atoms with Crippen LogP contribution in [-0.2, 0) is 4.74 Å². The number of rotatable bonds is 3. The Morgan fingerprint density at radius 1 is 1.46 bits per heavy atom. The Morgan fingerprint density at radius 3 is 2.54 bits per heavy atom. The second-order valence-corrected chi connectivity index (χ2v) is 3.33. The zero-order valence-corrected chi connectivity index (χ0v) is 7.62. The predicted octanol–water partition coefficient (Wildman–Crippen LogP) is 2.05. The van der Waals surface area contributed by atoms with Crippen molar-refractivity contribution in [3.63, 3.8) is 0 Å². The minimum Gasteiger partial charge on any atom is -0.361 e. The van der Waals surface area contributed by atoms with Crippen LogP contribution in [0.25, 0.3) is 0 Å². The average Bonchev–Trinajstić information content (AvgIpc) is 2.99. The van der Waals surface area contributed by atoms with E-state index >= 15 is 0 Å². The fourth-order valence-electron chi connectivity index (χ4n) is 1.44. The summed E-state index contributed by atoms with van der Waals surface area (Å²) in [5.74, 6) is 0.121. The lowest BCUT2D eigenvalue weighted by Gasteiger charge is -2.06. The van der Waals surface area contributed by atoms with Crippen molar-refractivity contribution in [2.24, 2.45) is 0 Å². The van der Waals surface area contributed by atoms with Gasteiger partial charge in [0.05, 0.1) is 6.61 Å². The molecule has 1 aromatic rings. The van der Waals surface area contributed by atoms with Gasteiger partial charge in [0.15, 0.2) is 11.4 Å². The van der Waals surface area contributed by atoms with Crippen LogP contribution in [0, 0.1) is 0 Å². The first kappa shape index (κ1) is 8.45. The van der Waals surface area contributed by atoms with Gasteiger partial charge in [-0.25, -0.2) is 0 Å². The van der Waals surface area contributed by atoms with Gasteiger partial charge in [-0.2, -0.15) is 0 Å². The van der Waals surface area contributed by atoms with Crippen LogP contribution in [0.1, 0.15) is 23.7 Å². The van der Waals surface area contributed by atoms with Gasteiger partial charge in [-0.3, -0.25) is 4.79 Å². The molecule has 0 aromatic heterocycles. The van der Waals surface area contributed by atoms with E-state index in [4.69, 9.17) is 4.74 Å². The topological polar surface area (TPSA) is 29.6 Å². The Kier molecular flexibility index (Phi) is 1.93. The molecule has 1 aliphatic heterocycles. The number of benzene rings is 1. The average molecular weight is 176 g/mol. The number of Topliss-reactive ketones (excluding diaryl/α,β-unsaturated/α-hetero) is 1. The second-order valence-electron chi connectivity index (χ2n) is 3.33. The van der Waals surface area contributed by atoms with Gasteiger partial charge >= 0.3 is 0 Å². The SMILES string of the molecule is CC[C@@]1(C(=O)c2ccccc2)CO1. The molecule has 1 atom stereocenters. The first-order valence-corrected chi connectivity index (χ1v) is 4.52. The summed E-state index contributed by atoms with van der Waals surface area (Å²) in [5.41, 5.74) is 0.267. The molecule has 0 spiro atoms. The highest BCUT2D eigenvalue weighted by molar-refractivity contribution is 6.04. The maximum Gasteiger partial charge on any atom is 0.196 e. The van der Waals surface area contributed by atoms with Crippen LogP contribution in [-0.4, -0.2) is 18.0 Å². The van der Waals surface area contributed by atoms with Crippen molar-refractivity contribution in [3.8, 4) is 0 Å². The zero-order chi connectivity index (χ0) is 9.31. The van der Waals surface area contributed by atoms with E-state index in [2.05, 4.69) is 0 Å². The minimum atomic E-state index is -0.485. The first-order chi connectivity index (χ1) is 6.28. The number of carbonyl (C=O) groups excluding carboxylic acids is 1. The van der Waals surface area contributed by atoms with Crippen LogP contribution < -0.4 is 0 Å². The van der Waals surface area contributed by atoms with Crippen LogP contribution in [0.2, 0.25) is 0 Å². The van der Waals surface area contributed by atoms with Gasteiger partial charge < -0.3 is 4.74 Å². The Bertz CT molecular complexity index is 312. The van der Waals surface area contributed by atoms with Crippen molar-refractivity contribution in [1.29, 1.82) is 0 Å². The van der Waals surface area contributed by atoms with Gasteiger partial charge in [0, 0.05) is 5.56 Å². The van der Waals surface area contributed by atoms with Crippen LogP contribution in [0.15, 0.2) is 30.3 Å². The van der Waals surface area contributed by atoms with Gasteiger partial charge in [0.1, 0.15) is 0 Å². The molecular formula is C11H12O2. The molecule has 0 aliphatic carbocycles. The van der Waals surface area contributed by atoms with Crippen LogP contribution in [0.3, 0.4) is 0 Å². The van der Waals surface area contributed by atoms with E-state index in [9.17, 15) is 4.79 Å². The third-order valence-electron chi connectivity index (χ3n) is 2.51. The largest absolute Gasteiger partial charge is 0.361 e. The van der Waals surface area contributed by atoms with Gasteiger partial charge in [-0.05, 0) is 6.42 Å². The summed E-state index contributed by atoms with van der Waals surface area (Å²) in [4.78, 5) is 11.8. The molecule has 1 heterocycles. The van der Waals surface area contributed by atoms with Gasteiger partial charge in [0.25, 0.3) is 0 Å². The minimum absolute atomic E-state index is 0.121. The van der Waals surface area contributed by atoms with E-state index in [1.807, 2.05) is 37.3 Å². The molecule has 0 N–H and O–H groups in total. The normalized spacial score (nSPS) is 25.6. The molecule has 2 rings (SSSR count). The van der Waals surface area contributed by atoms with E-state index in [1.54, 1.807) is 0 Å². The molecule has 1 aromatic carbocycles. The highest BCUT2D eigenvalue weighted by Gasteiger charge is 2.50. The fraction of sp³-hybridized carbons (Fsp3) is 0.364. The summed E-state index contributed by atoms with van der Waals surface area (Å²) < 4.78 is 5.21. The van der Waals surface area contributed by atoms with Gasteiger partial charge in [0.2, 0.25) is 0 Å². The molecule has 0 bridgehead atoms. The van der Waals surface area contributed by atoms with E-state index in [0.717, 1.165) is 12.0 Å². The van der Waals surface area contributed by atoms with Crippen molar-refractivity contribution >= 4 is 5.78 Å². The van der Waals surface area contributed by atoms with E-state index in [0.29, 0.717) is 6.61 Å². The van der Waals surface area contributed by atoms with E-state index < -0.39 is 5.60 Å². The quantitative estimate of drug-likeness (QED) is 0.521. The number of ketones is 1. The molecule has 1 aliphatic rings. The molecule has 2 heteroatoms.